The summed E-state index contributed by atoms with van der Waals surface area (Å²) in [6.07, 6.45) is 2.11. The van der Waals surface area contributed by atoms with Crippen LogP contribution in [0.25, 0.3) is 10.9 Å². The maximum Gasteiger partial charge on any atom is 0.320 e. The minimum absolute atomic E-state index is 0.0808. The van der Waals surface area contributed by atoms with E-state index in [-0.39, 0.29) is 29.5 Å². The zero-order chi connectivity index (χ0) is 23.7. The second-order valence-electron chi connectivity index (χ2n) is 8.82. The molecular weight excluding hydrogens is 433 g/mol. The van der Waals surface area contributed by atoms with E-state index in [9.17, 15) is 19.2 Å². The summed E-state index contributed by atoms with van der Waals surface area (Å²) in [5.41, 5.74) is 1.86. The number of para-hydroxylation sites is 1. The van der Waals surface area contributed by atoms with Gasteiger partial charge in [-0.25, -0.2) is 9.18 Å². The lowest BCUT2D eigenvalue weighted by molar-refractivity contribution is 0.159. The zero-order valence-electron chi connectivity index (χ0n) is 18.9. The van der Waals surface area contributed by atoms with Crippen molar-refractivity contribution in [3.63, 3.8) is 0 Å². The van der Waals surface area contributed by atoms with E-state index in [4.69, 9.17) is 0 Å². The minimum Gasteiger partial charge on any atom is -0.366 e. The first-order valence-corrected chi connectivity index (χ1v) is 11.7. The van der Waals surface area contributed by atoms with Gasteiger partial charge in [-0.3, -0.25) is 4.79 Å². The summed E-state index contributed by atoms with van der Waals surface area (Å²) in [6, 6.07) is 15.8. The molecule has 3 heterocycles. The topological polar surface area (TPSA) is 72.6 Å². The smallest absolute Gasteiger partial charge is 0.320 e. The number of benzene rings is 2. The van der Waals surface area contributed by atoms with Gasteiger partial charge in [-0.15, -0.1) is 0 Å². The van der Waals surface area contributed by atoms with Crippen LogP contribution in [0.2, 0.25) is 0 Å². The van der Waals surface area contributed by atoms with E-state index in [0.717, 1.165) is 42.4 Å². The number of nitrogens with zero attached hydrogens (tertiary/aromatic N) is 5. The Balaban J connectivity index is 1.49. The third kappa shape index (κ3) is 3.98. The fraction of sp³-hybridized carbons (Fsp3) is 0.346. The molecule has 0 aliphatic carbocycles. The second kappa shape index (κ2) is 9.18. The van der Waals surface area contributed by atoms with Gasteiger partial charge in [0.05, 0.1) is 17.7 Å². The fourth-order valence-corrected chi connectivity index (χ4v) is 4.98. The largest absolute Gasteiger partial charge is 0.366 e. The molecule has 1 aromatic heterocycles. The van der Waals surface area contributed by atoms with Gasteiger partial charge in [-0.2, -0.15) is 5.26 Å². The van der Waals surface area contributed by atoms with Gasteiger partial charge in [0.15, 0.2) is 0 Å². The number of hydrogen-bond acceptors (Lipinski definition) is 4. The Labute approximate surface area is 197 Å². The number of carbonyl (C=O) groups excluding carboxylic acids is 1. The Bertz CT molecular complexity index is 1310. The molecule has 2 aliphatic heterocycles. The standard InChI is InChI=1S/C26H26FN5O2/c27-20-9-7-19(8-10-20)18-32-23-6-2-1-5-21(23)24(22(17-28)25(32)33)29-13-15-31(16-14-29)26(34)30-11-3-4-12-30/h1-2,5-10H,3-4,11-16,18H2. The van der Waals surface area contributed by atoms with Crippen molar-refractivity contribution >= 4 is 22.6 Å². The molecule has 174 valence electrons. The van der Waals surface area contributed by atoms with E-state index in [1.54, 1.807) is 16.7 Å². The van der Waals surface area contributed by atoms with Crippen LogP contribution in [0.1, 0.15) is 24.0 Å². The third-order valence-corrected chi connectivity index (χ3v) is 6.75. The van der Waals surface area contributed by atoms with Gasteiger partial charge in [0, 0.05) is 44.7 Å². The number of halogens is 1. The number of fused-ring (bicyclic) bond motifs is 1. The summed E-state index contributed by atoms with van der Waals surface area (Å²) in [4.78, 5) is 32.1. The first-order chi connectivity index (χ1) is 16.6. The Kier molecular flexibility index (Phi) is 5.93. The van der Waals surface area contributed by atoms with Crippen molar-refractivity contribution in [2.45, 2.75) is 19.4 Å². The van der Waals surface area contributed by atoms with Crippen molar-refractivity contribution in [1.29, 1.82) is 5.26 Å². The van der Waals surface area contributed by atoms with E-state index in [0.29, 0.717) is 31.9 Å². The van der Waals surface area contributed by atoms with Crippen LogP contribution >= 0.6 is 0 Å². The molecule has 0 bridgehead atoms. The predicted octanol–water partition coefficient (Wildman–Crippen LogP) is 3.40. The van der Waals surface area contributed by atoms with Crippen molar-refractivity contribution in [2.24, 2.45) is 0 Å². The number of pyridine rings is 1. The van der Waals surface area contributed by atoms with Crippen LogP contribution in [-0.4, -0.2) is 59.7 Å². The number of nitriles is 1. The first-order valence-electron chi connectivity index (χ1n) is 11.7. The van der Waals surface area contributed by atoms with Crippen LogP contribution in [0.15, 0.2) is 53.3 Å². The molecule has 2 fully saturated rings. The Morgan fingerprint density at radius 1 is 0.912 bits per heavy atom. The number of carbonyl (C=O) groups is 1. The minimum atomic E-state index is -0.365. The predicted molar refractivity (Wildman–Crippen MR) is 128 cm³/mol. The molecule has 0 spiro atoms. The molecule has 2 aliphatic rings. The van der Waals surface area contributed by atoms with Crippen molar-refractivity contribution in [3.8, 4) is 6.07 Å². The quantitative estimate of drug-likeness (QED) is 0.602. The number of anilines is 1. The number of rotatable bonds is 3. The van der Waals surface area contributed by atoms with E-state index in [2.05, 4.69) is 11.0 Å². The third-order valence-electron chi connectivity index (χ3n) is 6.75. The summed E-state index contributed by atoms with van der Waals surface area (Å²) in [7, 11) is 0. The highest BCUT2D eigenvalue weighted by Crippen LogP contribution is 2.30. The van der Waals surface area contributed by atoms with Crippen molar-refractivity contribution in [1.82, 2.24) is 14.4 Å². The van der Waals surface area contributed by atoms with E-state index in [1.165, 1.54) is 12.1 Å². The lowest BCUT2D eigenvalue weighted by Crippen LogP contribution is -2.52. The highest BCUT2D eigenvalue weighted by Gasteiger charge is 2.29. The lowest BCUT2D eigenvalue weighted by atomic mass is 10.1. The average Bonchev–Trinajstić information content (AvgIpc) is 3.41. The molecule has 5 rings (SSSR count). The van der Waals surface area contributed by atoms with Gasteiger partial charge in [0.2, 0.25) is 0 Å². The molecule has 34 heavy (non-hydrogen) atoms. The Morgan fingerprint density at radius 3 is 2.24 bits per heavy atom. The SMILES string of the molecule is N#Cc1c(N2CCN(C(=O)N3CCCC3)CC2)c2ccccc2n(Cc2ccc(F)cc2)c1=O. The normalized spacial score (nSPS) is 16.2. The van der Waals surface area contributed by atoms with Crippen molar-refractivity contribution < 1.29 is 9.18 Å². The van der Waals surface area contributed by atoms with Crippen LogP contribution in [0.3, 0.4) is 0 Å². The fourth-order valence-electron chi connectivity index (χ4n) is 4.98. The number of hydrogen-bond donors (Lipinski definition) is 0. The maximum atomic E-state index is 13.5. The van der Waals surface area contributed by atoms with E-state index >= 15 is 0 Å². The van der Waals surface area contributed by atoms with E-state index < -0.39 is 0 Å². The average molecular weight is 460 g/mol. The van der Waals surface area contributed by atoms with Crippen molar-refractivity contribution in [2.75, 3.05) is 44.2 Å². The molecule has 2 amide bonds. The number of aromatic nitrogens is 1. The van der Waals surface area contributed by atoms with Crippen LogP contribution in [0.5, 0.6) is 0 Å². The van der Waals surface area contributed by atoms with Crippen LogP contribution in [0, 0.1) is 17.1 Å². The molecule has 8 heteroatoms. The number of amides is 2. The molecule has 2 saturated heterocycles. The monoisotopic (exact) mass is 459 g/mol. The molecule has 0 unspecified atom stereocenters. The van der Waals surface area contributed by atoms with Gasteiger partial charge < -0.3 is 19.3 Å². The molecule has 0 atom stereocenters. The molecular formula is C26H26FN5O2. The lowest BCUT2D eigenvalue weighted by Gasteiger charge is -2.38. The van der Waals surface area contributed by atoms with Gasteiger partial charge in [0.1, 0.15) is 17.4 Å². The Hall–Kier alpha value is -3.86. The number of piperazine rings is 1. The van der Waals surface area contributed by atoms with Crippen molar-refractivity contribution in [3.05, 3.63) is 75.8 Å². The summed E-state index contributed by atoms with van der Waals surface area (Å²) in [5, 5.41) is 10.8. The van der Waals surface area contributed by atoms with Gasteiger partial charge in [0.25, 0.3) is 5.56 Å². The van der Waals surface area contributed by atoms with Gasteiger partial charge in [-0.1, -0.05) is 30.3 Å². The van der Waals surface area contributed by atoms with Crippen LogP contribution in [-0.2, 0) is 6.54 Å². The number of urea groups is 1. The summed E-state index contributed by atoms with van der Waals surface area (Å²) in [6.45, 7) is 4.08. The second-order valence-corrected chi connectivity index (χ2v) is 8.82. The highest BCUT2D eigenvalue weighted by atomic mass is 19.1. The summed E-state index contributed by atoms with van der Waals surface area (Å²) in [5.74, 6) is -0.337. The summed E-state index contributed by atoms with van der Waals surface area (Å²) >= 11 is 0. The molecule has 0 saturated carbocycles. The van der Waals surface area contributed by atoms with Gasteiger partial charge >= 0.3 is 6.03 Å². The molecule has 0 radical (unpaired) electrons. The Morgan fingerprint density at radius 2 is 1.56 bits per heavy atom. The van der Waals surface area contributed by atoms with Crippen LogP contribution in [0.4, 0.5) is 14.9 Å². The zero-order valence-corrected chi connectivity index (χ0v) is 18.9. The molecule has 2 aromatic carbocycles. The first kappa shape index (κ1) is 22.0. The summed E-state index contributed by atoms with van der Waals surface area (Å²) < 4.78 is 14.9. The number of likely N-dealkylation sites (tertiary alicyclic amines) is 1. The molecule has 0 N–H and O–H groups in total. The highest BCUT2D eigenvalue weighted by molar-refractivity contribution is 5.95. The van der Waals surface area contributed by atoms with Crippen LogP contribution < -0.4 is 10.5 Å². The maximum absolute atomic E-state index is 13.5. The molecule has 3 aromatic rings. The van der Waals surface area contributed by atoms with E-state index in [1.807, 2.05) is 34.1 Å². The van der Waals surface area contributed by atoms with Gasteiger partial charge in [-0.05, 0) is 36.6 Å². The molecule has 7 nitrogen and oxygen atoms in total.